The molecule has 0 N–H and O–H groups in total. The minimum atomic E-state index is 0.0692. The molecule has 1 fully saturated rings. The molecule has 2 aromatic heterocycles. The van der Waals surface area contributed by atoms with Crippen molar-refractivity contribution in [1.82, 2.24) is 14.5 Å². The van der Waals surface area contributed by atoms with E-state index in [-0.39, 0.29) is 11.1 Å². The molecule has 0 saturated heterocycles. The quantitative estimate of drug-likeness (QED) is 0.510. The topological polar surface area (TPSA) is 47.8 Å². The van der Waals surface area contributed by atoms with E-state index < -0.39 is 0 Å². The van der Waals surface area contributed by atoms with E-state index >= 15 is 0 Å². The van der Waals surface area contributed by atoms with Gasteiger partial charge in [0.1, 0.15) is 5.65 Å². The fourth-order valence-corrected chi connectivity index (χ4v) is 3.10. The van der Waals surface area contributed by atoms with Gasteiger partial charge in [0.15, 0.2) is 5.78 Å². The van der Waals surface area contributed by atoms with Crippen molar-refractivity contribution in [2.45, 2.75) is 72.8 Å². The molecule has 0 atom stereocenters. The first kappa shape index (κ1) is 19.6. The van der Waals surface area contributed by atoms with Crippen LogP contribution in [0.3, 0.4) is 0 Å². The third-order valence-corrected chi connectivity index (χ3v) is 4.03. The van der Waals surface area contributed by atoms with E-state index in [9.17, 15) is 4.79 Å². The molecule has 0 spiro atoms. The van der Waals surface area contributed by atoms with Gasteiger partial charge in [-0.05, 0) is 30.5 Å². The average molecular weight is 338 g/mol. The van der Waals surface area contributed by atoms with E-state index in [1.165, 1.54) is 19.3 Å². The van der Waals surface area contributed by atoms with Crippen LogP contribution in [0.1, 0.15) is 83.3 Å². The molecule has 23 heavy (non-hydrogen) atoms. The molecule has 2 aromatic rings. The van der Waals surface area contributed by atoms with Crippen LogP contribution in [0.5, 0.6) is 0 Å². The van der Waals surface area contributed by atoms with Gasteiger partial charge in [0.2, 0.25) is 5.28 Å². The lowest BCUT2D eigenvalue weighted by Gasteiger charge is -2.25. The first-order valence-electron chi connectivity index (χ1n) is 8.71. The Labute approximate surface area is 144 Å². The Balaban J connectivity index is 0.000000615. The number of fused-ring (bicyclic) bond motifs is 1. The minimum Gasteiger partial charge on any atom is -0.320 e. The zero-order valence-electron chi connectivity index (χ0n) is 14.9. The third-order valence-electron chi connectivity index (χ3n) is 3.85. The van der Waals surface area contributed by atoms with Crippen LogP contribution in [0.2, 0.25) is 5.28 Å². The average Bonchev–Trinajstić information content (AvgIpc) is 2.98. The molecule has 2 heterocycles. The zero-order valence-corrected chi connectivity index (χ0v) is 15.7. The minimum absolute atomic E-state index is 0.0692. The predicted octanol–water partition coefficient (Wildman–Crippen LogP) is 5.84. The van der Waals surface area contributed by atoms with Crippen molar-refractivity contribution in [2.75, 3.05) is 0 Å². The maximum atomic E-state index is 11.9. The fraction of sp³-hybridized carbons (Fsp3) is 0.611. The highest BCUT2D eigenvalue weighted by molar-refractivity contribution is 6.28. The van der Waals surface area contributed by atoms with Crippen LogP contribution in [0, 0.1) is 0 Å². The summed E-state index contributed by atoms with van der Waals surface area (Å²) < 4.78 is 2.07. The molecule has 1 aliphatic rings. The molecule has 0 unspecified atom stereocenters. The summed E-state index contributed by atoms with van der Waals surface area (Å²) in [5.74, 6) is 0.0692. The zero-order chi connectivity index (χ0) is 17.4. The third kappa shape index (κ3) is 4.54. The van der Waals surface area contributed by atoms with Crippen molar-refractivity contribution in [2.24, 2.45) is 0 Å². The Hall–Kier alpha value is -1.42. The lowest BCUT2D eigenvalue weighted by molar-refractivity contribution is 0.100. The Morgan fingerprint density at radius 1 is 1.17 bits per heavy atom. The number of carbonyl (C=O) groups excluding carboxylic acids is 1. The molecule has 0 bridgehead atoms. The lowest BCUT2D eigenvalue weighted by atomic mass is 9.95. The smallest absolute Gasteiger partial charge is 0.224 e. The van der Waals surface area contributed by atoms with Crippen molar-refractivity contribution >= 4 is 28.4 Å². The number of hydrogen-bond acceptors (Lipinski definition) is 3. The van der Waals surface area contributed by atoms with E-state index in [1.54, 1.807) is 13.1 Å². The predicted molar refractivity (Wildman–Crippen MR) is 97.4 cm³/mol. The van der Waals surface area contributed by atoms with Crippen LogP contribution in [0.4, 0.5) is 0 Å². The highest BCUT2D eigenvalue weighted by atomic mass is 35.5. The Kier molecular flexibility index (Phi) is 8.24. The van der Waals surface area contributed by atoms with Crippen LogP contribution in [0.25, 0.3) is 11.0 Å². The number of Topliss-reactive ketones (excluding diaryl/α,β-unsaturated/α-hetero) is 1. The molecule has 0 aromatic carbocycles. The van der Waals surface area contributed by atoms with Crippen LogP contribution >= 0.6 is 11.6 Å². The number of aromatic nitrogens is 3. The summed E-state index contributed by atoms with van der Waals surface area (Å²) >= 11 is 5.90. The normalized spacial score (nSPS) is 14.5. The van der Waals surface area contributed by atoms with Gasteiger partial charge in [0, 0.05) is 24.5 Å². The van der Waals surface area contributed by atoms with Gasteiger partial charge in [-0.1, -0.05) is 47.0 Å². The van der Waals surface area contributed by atoms with Gasteiger partial charge < -0.3 is 4.57 Å². The monoisotopic (exact) mass is 337 g/mol. The van der Waals surface area contributed by atoms with Crippen molar-refractivity contribution in [3.05, 3.63) is 23.2 Å². The van der Waals surface area contributed by atoms with Gasteiger partial charge in [-0.15, -0.1) is 0 Å². The molecule has 0 radical (unpaired) electrons. The Morgan fingerprint density at radius 3 is 2.35 bits per heavy atom. The molecule has 0 aliphatic heterocycles. The summed E-state index contributed by atoms with van der Waals surface area (Å²) in [6, 6.07) is 2.24. The summed E-state index contributed by atoms with van der Waals surface area (Å²) in [6.07, 6.45) is 7.59. The fourth-order valence-electron chi connectivity index (χ4n) is 2.97. The maximum absolute atomic E-state index is 11.9. The summed E-state index contributed by atoms with van der Waals surface area (Å²) in [4.78, 5) is 20.2. The van der Waals surface area contributed by atoms with E-state index in [0.717, 1.165) is 29.6 Å². The highest BCUT2D eigenvalue weighted by Gasteiger charge is 2.23. The number of rotatable bonds is 2. The van der Waals surface area contributed by atoms with Crippen molar-refractivity contribution in [3.8, 4) is 0 Å². The van der Waals surface area contributed by atoms with Crippen molar-refractivity contribution < 1.29 is 4.79 Å². The number of halogens is 1. The number of nitrogens with zero attached hydrogens (tertiary/aromatic N) is 3. The molecule has 0 amide bonds. The second kappa shape index (κ2) is 9.66. The SMILES string of the molecule is CC.CC.CC(=O)c1cc2cnc(Cl)nc2n1C1CCCCC1. The maximum Gasteiger partial charge on any atom is 0.224 e. The van der Waals surface area contributed by atoms with E-state index in [1.807, 2.05) is 33.8 Å². The van der Waals surface area contributed by atoms with Crippen LogP contribution in [0.15, 0.2) is 12.3 Å². The van der Waals surface area contributed by atoms with E-state index in [4.69, 9.17) is 11.6 Å². The van der Waals surface area contributed by atoms with Gasteiger partial charge >= 0.3 is 0 Å². The van der Waals surface area contributed by atoms with Gasteiger partial charge in [-0.2, -0.15) is 4.98 Å². The summed E-state index contributed by atoms with van der Waals surface area (Å²) in [6.45, 7) is 9.60. The molecular weight excluding hydrogens is 310 g/mol. The number of ketones is 1. The first-order valence-corrected chi connectivity index (χ1v) is 9.09. The standard InChI is InChI=1S/C14H16ClN3O.2C2H6/c1-9(19)12-7-10-8-16-14(15)17-13(10)18(12)11-5-3-2-4-6-11;2*1-2/h7-8,11H,2-6H2,1H3;2*1-2H3. The molecule has 1 aliphatic carbocycles. The molecule has 5 heteroatoms. The summed E-state index contributed by atoms with van der Waals surface area (Å²) in [5, 5.41) is 1.12. The largest absolute Gasteiger partial charge is 0.320 e. The Morgan fingerprint density at radius 2 is 1.78 bits per heavy atom. The van der Waals surface area contributed by atoms with Crippen LogP contribution < -0.4 is 0 Å². The van der Waals surface area contributed by atoms with Gasteiger partial charge in [-0.25, -0.2) is 4.98 Å². The summed E-state index contributed by atoms with van der Waals surface area (Å²) in [5.41, 5.74) is 1.51. The van der Waals surface area contributed by atoms with Crippen LogP contribution in [-0.2, 0) is 0 Å². The van der Waals surface area contributed by atoms with Gasteiger partial charge in [0.25, 0.3) is 0 Å². The van der Waals surface area contributed by atoms with Gasteiger partial charge in [-0.3, -0.25) is 4.79 Å². The van der Waals surface area contributed by atoms with Crippen LogP contribution in [-0.4, -0.2) is 20.3 Å². The lowest BCUT2D eigenvalue weighted by Crippen LogP contribution is -2.17. The summed E-state index contributed by atoms with van der Waals surface area (Å²) in [7, 11) is 0. The number of carbonyl (C=O) groups is 1. The van der Waals surface area contributed by atoms with Crippen molar-refractivity contribution in [3.63, 3.8) is 0 Å². The second-order valence-corrected chi connectivity index (χ2v) is 5.50. The molecule has 128 valence electrons. The number of hydrogen-bond donors (Lipinski definition) is 0. The second-order valence-electron chi connectivity index (χ2n) is 5.17. The van der Waals surface area contributed by atoms with Crippen molar-refractivity contribution in [1.29, 1.82) is 0 Å². The van der Waals surface area contributed by atoms with E-state index in [0.29, 0.717) is 6.04 Å². The first-order chi connectivity index (χ1) is 11.2. The Bertz CT molecular complexity index is 630. The highest BCUT2D eigenvalue weighted by Crippen LogP contribution is 2.33. The molecule has 1 saturated carbocycles. The van der Waals surface area contributed by atoms with Gasteiger partial charge in [0.05, 0.1) is 5.69 Å². The van der Waals surface area contributed by atoms with E-state index in [2.05, 4.69) is 14.5 Å². The molecule has 4 nitrogen and oxygen atoms in total. The molecule has 3 rings (SSSR count). The molecular formula is C18H28ClN3O.